The number of carbonyl (C=O) groups excluding carboxylic acids is 1. The van der Waals surface area contributed by atoms with Gasteiger partial charge in [0.25, 0.3) is 0 Å². The summed E-state index contributed by atoms with van der Waals surface area (Å²) in [5.41, 5.74) is -0.550. The number of rotatable bonds is 5. The lowest BCUT2D eigenvalue weighted by Crippen LogP contribution is -2.07. The van der Waals surface area contributed by atoms with E-state index in [0.717, 1.165) is 0 Å². The van der Waals surface area contributed by atoms with Crippen LogP contribution in [0, 0.1) is 0 Å². The summed E-state index contributed by atoms with van der Waals surface area (Å²) >= 11 is 0. The maximum atomic E-state index is 11.7. The van der Waals surface area contributed by atoms with Gasteiger partial charge < -0.3 is 9.84 Å². The summed E-state index contributed by atoms with van der Waals surface area (Å²) in [5, 5.41) is 8.42. The Kier molecular flexibility index (Phi) is 2.28. The number of hydrogen-bond donors (Lipinski definition) is 1. The van der Waals surface area contributed by atoms with Crippen LogP contribution < -0.4 is 0 Å². The van der Waals surface area contributed by atoms with Gasteiger partial charge in [0, 0.05) is 6.42 Å². The van der Waals surface area contributed by atoms with Crippen molar-refractivity contribution < 1.29 is 26.3 Å². The molecule has 4 heteroatoms. The molecule has 0 saturated heterocycles. The summed E-state index contributed by atoms with van der Waals surface area (Å²) in [4.78, 5) is 22.0. The first kappa shape index (κ1) is 5.90. The highest BCUT2D eigenvalue weighted by molar-refractivity contribution is 5.89. The zero-order valence-electron chi connectivity index (χ0n) is 12.8. The fraction of sp³-hybridized carbons (Fsp3) is 0.273. The summed E-state index contributed by atoms with van der Waals surface area (Å²) in [7, 11) is 0. The van der Waals surface area contributed by atoms with Gasteiger partial charge in [0.2, 0.25) is 0 Å². The van der Waals surface area contributed by atoms with Gasteiger partial charge in [-0.1, -0.05) is 18.1 Å². The minimum absolute atomic E-state index is 0.0831. The second kappa shape index (κ2) is 5.80. The highest BCUT2D eigenvalue weighted by atomic mass is 16.5. The van der Waals surface area contributed by atoms with E-state index in [0.29, 0.717) is 0 Å². The van der Waals surface area contributed by atoms with Crippen LogP contribution in [0.1, 0.15) is 30.1 Å². The van der Waals surface area contributed by atoms with Crippen molar-refractivity contribution in [2.45, 2.75) is 12.8 Å². The number of ether oxygens (including phenoxy) is 1. The van der Waals surface area contributed by atoms with Gasteiger partial charge in [0.05, 0.1) is 19.0 Å². The van der Waals surface area contributed by atoms with Gasteiger partial charge in [-0.25, -0.2) is 4.79 Å². The van der Waals surface area contributed by atoms with E-state index in [4.69, 9.17) is 16.7 Å². The number of hydrogen-bond acceptors (Lipinski definition) is 3. The van der Waals surface area contributed by atoms with Gasteiger partial charge in [0.15, 0.2) is 0 Å². The van der Waals surface area contributed by atoms with Crippen LogP contribution in [0.3, 0.4) is 0 Å². The van der Waals surface area contributed by atoms with Crippen molar-refractivity contribution in [2.24, 2.45) is 0 Å². The molecule has 1 aromatic rings. The van der Waals surface area contributed by atoms with E-state index in [1.165, 1.54) is 0 Å². The summed E-state index contributed by atoms with van der Waals surface area (Å²) in [6.07, 6.45) is -0.104. The fourth-order valence-electron chi connectivity index (χ4n) is 0.812. The Balaban J connectivity index is 2.91. The molecule has 0 aliphatic heterocycles. The van der Waals surface area contributed by atoms with Crippen LogP contribution in [0.4, 0.5) is 0 Å². The van der Waals surface area contributed by atoms with Crippen molar-refractivity contribution in [3.63, 3.8) is 0 Å². The van der Waals surface area contributed by atoms with Gasteiger partial charge in [-0.15, -0.1) is 0 Å². The first-order chi connectivity index (χ1) is 9.27. The molecule has 0 unspecified atom stereocenters. The molecule has 0 aromatic heterocycles. The molecule has 0 atom stereocenters. The summed E-state index contributed by atoms with van der Waals surface area (Å²) in [5.74, 6) is -2.10. The van der Waals surface area contributed by atoms with Crippen molar-refractivity contribution in [3.05, 3.63) is 35.8 Å². The lowest BCUT2D eigenvalue weighted by atomic mass is 10.2. The maximum Gasteiger partial charge on any atom is 0.338 e. The Morgan fingerprint density at radius 3 is 2.60 bits per heavy atom. The Labute approximate surface area is 94.5 Å². The van der Waals surface area contributed by atoms with Gasteiger partial charge in [-0.3, -0.25) is 4.79 Å². The zero-order valence-corrected chi connectivity index (χ0v) is 7.79. The molecule has 80 valence electrons. The van der Waals surface area contributed by atoms with Crippen LogP contribution in [0.15, 0.2) is 30.2 Å². The lowest BCUT2D eigenvalue weighted by molar-refractivity contribution is -0.137. The van der Waals surface area contributed by atoms with E-state index in [1.807, 2.05) is 0 Å². The van der Waals surface area contributed by atoms with Crippen LogP contribution >= 0.6 is 0 Å². The van der Waals surface area contributed by atoms with E-state index < -0.39 is 47.7 Å². The first-order valence-corrected chi connectivity index (χ1v) is 4.23. The van der Waals surface area contributed by atoms with Gasteiger partial charge in [-0.05, 0) is 18.5 Å². The highest BCUT2D eigenvalue weighted by Crippen LogP contribution is 2.01. The molecule has 15 heavy (non-hydrogen) atoms. The molecular weight excluding hydrogens is 196 g/mol. The molecule has 0 saturated carbocycles. The van der Waals surface area contributed by atoms with Crippen molar-refractivity contribution in [2.75, 3.05) is 6.61 Å². The number of carboxylic acid groups (broad SMARTS) is 1. The molecular formula is C11H12O4. The first-order valence-electron chi connectivity index (χ1n) is 6.73. The predicted molar refractivity (Wildman–Crippen MR) is 53.6 cm³/mol. The van der Waals surface area contributed by atoms with Gasteiger partial charge in [-0.2, -0.15) is 0 Å². The van der Waals surface area contributed by atoms with Gasteiger partial charge in [0.1, 0.15) is 0 Å². The zero-order chi connectivity index (χ0) is 15.4. The number of aliphatic carboxylic acids is 1. The molecule has 0 aliphatic rings. The second-order valence-corrected chi connectivity index (χ2v) is 2.63. The molecule has 0 radical (unpaired) electrons. The summed E-state index contributed by atoms with van der Waals surface area (Å²) in [6, 6.07) is -3.12. The van der Waals surface area contributed by atoms with Crippen LogP contribution in [0.5, 0.6) is 0 Å². The number of benzene rings is 1. The normalized spacial score (nSPS) is 14.3. The highest BCUT2D eigenvalue weighted by Gasteiger charge is 2.05. The van der Waals surface area contributed by atoms with Crippen molar-refractivity contribution in [1.82, 2.24) is 0 Å². The van der Waals surface area contributed by atoms with E-state index in [1.54, 1.807) is 0 Å². The van der Waals surface area contributed by atoms with Crippen LogP contribution in [0.2, 0.25) is 0 Å². The van der Waals surface area contributed by atoms with Crippen molar-refractivity contribution in [1.29, 1.82) is 0 Å². The maximum absolute atomic E-state index is 11.7. The molecule has 0 bridgehead atoms. The van der Waals surface area contributed by atoms with Crippen LogP contribution in [0.25, 0.3) is 0 Å². The average Bonchev–Trinajstić information content (AvgIpc) is 2.39. The fourth-order valence-corrected chi connectivity index (χ4v) is 0.812. The quantitative estimate of drug-likeness (QED) is 0.597. The van der Waals surface area contributed by atoms with Crippen molar-refractivity contribution >= 4 is 11.9 Å². The lowest BCUT2D eigenvalue weighted by Gasteiger charge is -2.02. The third-order valence-electron chi connectivity index (χ3n) is 1.47. The molecule has 1 rings (SSSR count). The summed E-state index contributed by atoms with van der Waals surface area (Å²) < 4.78 is 42.0. The number of esters is 1. The third-order valence-corrected chi connectivity index (χ3v) is 1.47. The Hall–Kier alpha value is -1.84. The molecule has 0 heterocycles. The molecule has 0 amide bonds. The monoisotopic (exact) mass is 213 g/mol. The predicted octanol–water partition coefficient (Wildman–Crippen LogP) is 1.71. The van der Waals surface area contributed by atoms with E-state index in [2.05, 4.69) is 0 Å². The molecule has 0 spiro atoms. The third kappa shape index (κ3) is 4.26. The van der Waals surface area contributed by atoms with Crippen LogP contribution in [-0.2, 0) is 9.53 Å². The average molecular weight is 213 g/mol. The smallest absolute Gasteiger partial charge is 0.338 e. The Morgan fingerprint density at radius 1 is 1.33 bits per heavy atom. The second-order valence-electron chi connectivity index (χ2n) is 2.63. The largest absolute Gasteiger partial charge is 0.481 e. The Morgan fingerprint density at radius 2 is 2.00 bits per heavy atom. The molecule has 0 fully saturated rings. The molecule has 0 aliphatic carbocycles. The number of carboxylic acids is 1. The van der Waals surface area contributed by atoms with Crippen LogP contribution in [-0.4, -0.2) is 23.7 Å². The molecule has 4 nitrogen and oxygen atoms in total. The van der Waals surface area contributed by atoms with E-state index in [9.17, 15) is 9.59 Å². The topological polar surface area (TPSA) is 63.6 Å². The van der Waals surface area contributed by atoms with Crippen molar-refractivity contribution in [3.8, 4) is 0 Å². The minimum Gasteiger partial charge on any atom is -0.481 e. The number of carbonyl (C=O) groups is 2. The van der Waals surface area contributed by atoms with Gasteiger partial charge >= 0.3 is 11.9 Å². The molecule has 1 aromatic carbocycles. The summed E-state index contributed by atoms with van der Waals surface area (Å²) in [6.45, 7) is -0.201. The standard InChI is InChI=1S/C11H12O4/c12-10(13)7-4-8-15-11(14)9-5-2-1-3-6-9/h1-3,5-6H,4,7-8H2,(H,12,13)/i1D,2D,3D,5D,6D. The molecule has 1 N–H and O–H groups in total. The Bertz CT molecular complexity index is 529. The van der Waals surface area contributed by atoms with E-state index >= 15 is 0 Å². The SMILES string of the molecule is [2H]c1c([2H])c([2H])c(C(=O)OCCCC(=O)O)c([2H])c1[2H]. The minimum atomic E-state index is -1.06. The van der Waals surface area contributed by atoms with E-state index in [-0.39, 0.29) is 19.4 Å².